The number of aryl methyl sites for hydroxylation is 1. The number of thiophene rings is 1. The lowest BCUT2D eigenvalue weighted by Gasteiger charge is -2.31. The molecule has 0 bridgehead atoms. The zero-order valence-corrected chi connectivity index (χ0v) is 17.2. The topological polar surface area (TPSA) is 80.2 Å². The minimum Gasteiger partial charge on any atom is -0.484 e. The molecule has 7 nitrogen and oxygen atoms in total. The van der Waals surface area contributed by atoms with E-state index in [-0.39, 0.29) is 18.2 Å². The van der Waals surface area contributed by atoms with Crippen LogP contribution in [-0.4, -0.2) is 45.3 Å². The first-order valence-corrected chi connectivity index (χ1v) is 10.7. The van der Waals surface area contributed by atoms with Gasteiger partial charge in [-0.2, -0.15) is 5.10 Å². The maximum Gasteiger partial charge on any atom is 0.348 e. The van der Waals surface area contributed by atoms with Crippen molar-refractivity contribution in [1.29, 1.82) is 0 Å². The molecule has 1 amide bonds. The molecule has 0 aliphatic carbocycles. The number of nitrogens with one attached hydrogen (secondary N) is 1. The summed E-state index contributed by atoms with van der Waals surface area (Å²) in [5.41, 5.74) is 0.901. The van der Waals surface area contributed by atoms with E-state index in [9.17, 15) is 9.59 Å². The lowest BCUT2D eigenvalue weighted by molar-refractivity contribution is -0.134. The van der Waals surface area contributed by atoms with Gasteiger partial charge in [-0.1, -0.05) is 12.1 Å². The molecule has 1 fully saturated rings. The predicted octanol–water partition coefficient (Wildman–Crippen LogP) is 2.79. The highest BCUT2D eigenvalue weighted by Gasteiger charge is 2.25. The molecule has 1 N–H and O–H groups in total. The molecule has 1 aliphatic heterocycles. The quantitative estimate of drug-likeness (QED) is 0.675. The number of piperidine rings is 1. The number of aromatic nitrogens is 3. The Bertz CT molecular complexity index is 1020. The van der Waals surface area contributed by atoms with Crippen molar-refractivity contribution in [2.75, 3.05) is 19.7 Å². The highest BCUT2D eigenvalue weighted by Crippen LogP contribution is 2.23. The highest BCUT2D eigenvalue weighted by atomic mass is 32.1. The fourth-order valence-electron chi connectivity index (χ4n) is 3.68. The molecule has 4 rings (SSSR count). The van der Waals surface area contributed by atoms with Crippen molar-refractivity contribution >= 4 is 17.2 Å². The fourth-order valence-corrected chi connectivity index (χ4v) is 4.42. The van der Waals surface area contributed by atoms with E-state index in [0.29, 0.717) is 19.0 Å². The summed E-state index contributed by atoms with van der Waals surface area (Å²) in [7, 11) is 0. The number of nitrogens with zero attached hydrogens (tertiary/aromatic N) is 3. The summed E-state index contributed by atoms with van der Waals surface area (Å²) in [4.78, 5) is 26.5. The Kier molecular flexibility index (Phi) is 5.80. The first-order chi connectivity index (χ1) is 14.1. The summed E-state index contributed by atoms with van der Waals surface area (Å²) < 4.78 is 7.29. The van der Waals surface area contributed by atoms with Crippen LogP contribution in [0.2, 0.25) is 0 Å². The number of aromatic amines is 1. The van der Waals surface area contributed by atoms with Crippen LogP contribution < -0.4 is 10.4 Å². The van der Waals surface area contributed by atoms with E-state index in [2.05, 4.69) is 10.2 Å². The second kappa shape index (κ2) is 8.65. The second-order valence-corrected chi connectivity index (χ2v) is 8.29. The van der Waals surface area contributed by atoms with Gasteiger partial charge in [0.2, 0.25) is 0 Å². The van der Waals surface area contributed by atoms with Gasteiger partial charge in [-0.25, -0.2) is 14.5 Å². The number of carbonyl (C=O) groups is 1. The molecule has 1 saturated heterocycles. The molecule has 0 unspecified atom stereocenters. The van der Waals surface area contributed by atoms with Gasteiger partial charge >= 0.3 is 5.69 Å². The van der Waals surface area contributed by atoms with Gasteiger partial charge in [-0.15, -0.1) is 11.3 Å². The van der Waals surface area contributed by atoms with Crippen molar-refractivity contribution in [3.63, 3.8) is 0 Å². The Hall–Kier alpha value is -2.87. The molecule has 1 aliphatic rings. The third-order valence-electron chi connectivity index (χ3n) is 5.26. The minimum atomic E-state index is -0.205. The van der Waals surface area contributed by atoms with E-state index in [4.69, 9.17) is 4.74 Å². The summed E-state index contributed by atoms with van der Waals surface area (Å²) >= 11 is 1.52. The van der Waals surface area contributed by atoms with Crippen LogP contribution in [0.15, 0.2) is 46.6 Å². The van der Waals surface area contributed by atoms with E-state index < -0.39 is 0 Å². The predicted molar refractivity (Wildman–Crippen MR) is 112 cm³/mol. The number of amides is 1. The van der Waals surface area contributed by atoms with Crippen molar-refractivity contribution < 1.29 is 9.53 Å². The molecule has 3 heterocycles. The molecule has 8 heteroatoms. The molecule has 0 saturated carbocycles. The Morgan fingerprint density at radius 1 is 1.28 bits per heavy atom. The summed E-state index contributed by atoms with van der Waals surface area (Å²) in [6, 6.07) is 11.6. The number of hydrogen-bond acceptors (Lipinski definition) is 5. The lowest BCUT2D eigenvalue weighted by atomic mass is 9.93. The molecule has 0 spiro atoms. The number of ether oxygens (including phenoxy) is 1. The van der Waals surface area contributed by atoms with Gasteiger partial charge in [-0.05, 0) is 60.9 Å². The summed E-state index contributed by atoms with van der Waals surface area (Å²) in [6.07, 6.45) is 2.50. The number of hydrogen-bond donors (Lipinski definition) is 1. The van der Waals surface area contributed by atoms with Crippen molar-refractivity contribution in [1.82, 2.24) is 19.7 Å². The Morgan fingerprint density at radius 2 is 2.10 bits per heavy atom. The average molecular weight is 413 g/mol. The molecule has 0 atom stereocenters. The van der Waals surface area contributed by atoms with Crippen LogP contribution in [0.1, 0.15) is 24.2 Å². The number of H-pyrrole nitrogens is 1. The average Bonchev–Trinajstić information content (AvgIpc) is 3.36. The lowest BCUT2D eigenvalue weighted by Crippen LogP contribution is -2.41. The van der Waals surface area contributed by atoms with E-state index in [0.717, 1.165) is 41.4 Å². The van der Waals surface area contributed by atoms with E-state index in [1.807, 2.05) is 53.6 Å². The van der Waals surface area contributed by atoms with Gasteiger partial charge in [-0.3, -0.25) is 4.79 Å². The molecule has 0 radical (unpaired) electrons. The van der Waals surface area contributed by atoms with Crippen LogP contribution >= 0.6 is 11.3 Å². The van der Waals surface area contributed by atoms with Gasteiger partial charge in [0, 0.05) is 19.5 Å². The molecule has 29 heavy (non-hydrogen) atoms. The van der Waals surface area contributed by atoms with E-state index in [1.165, 1.54) is 11.3 Å². The second-order valence-electron chi connectivity index (χ2n) is 7.37. The zero-order chi connectivity index (χ0) is 20.2. The first kappa shape index (κ1) is 19.4. The van der Waals surface area contributed by atoms with Crippen LogP contribution in [0.3, 0.4) is 0 Å². The number of rotatable bonds is 6. The van der Waals surface area contributed by atoms with Gasteiger partial charge in [0.25, 0.3) is 5.91 Å². The van der Waals surface area contributed by atoms with Crippen molar-refractivity contribution in [2.45, 2.75) is 26.2 Å². The normalized spacial score (nSPS) is 14.9. The van der Waals surface area contributed by atoms with Crippen LogP contribution in [0.5, 0.6) is 5.75 Å². The maximum absolute atomic E-state index is 12.5. The third-order valence-corrected chi connectivity index (χ3v) is 6.11. The summed E-state index contributed by atoms with van der Waals surface area (Å²) in [6.45, 7) is 3.46. The number of carbonyl (C=O) groups excluding carboxylic acids is 1. The molecule has 3 aromatic rings. The highest BCUT2D eigenvalue weighted by molar-refractivity contribution is 7.12. The standard InChI is InChI=1S/C21H24N4O3S/c1-15-4-2-5-17(12-15)28-14-19(26)24-9-7-16(8-10-24)13-18-22-23-21(27)25(18)20-6-3-11-29-20/h2-6,11-12,16H,7-10,13-14H2,1H3,(H,23,27). The van der Waals surface area contributed by atoms with E-state index >= 15 is 0 Å². The van der Waals surface area contributed by atoms with Gasteiger partial charge < -0.3 is 9.64 Å². The van der Waals surface area contributed by atoms with E-state index in [1.54, 1.807) is 4.57 Å². The number of likely N-dealkylation sites (tertiary alicyclic amines) is 1. The molecule has 1 aromatic carbocycles. The first-order valence-electron chi connectivity index (χ1n) is 9.77. The summed E-state index contributed by atoms with van der Waals surface area (Å²) in [5, 5.41) is 9.60. The third kappa shape index (κ3) is 4.59. The van der Waals surface area contributed by atoms with Gasteiger partial charge in [0.15, 0.2) is 6.61 Å². The molecular formula is C21H24N4O3S. The van der Waals surface area contributed by atoms with Crippen LogP contribution in [0.25, 0.3) is 5.00 Å². The van der Waals surface area contributed by atoms with Crippen LogP contribution in [0, 0.1) is 12.8 Å². The zero-order valence-electron chi connectivity index (χ0n) is 16.3. The number of benzene rings is 1. The fraction of sp³-hybridized carbons (Fsp3) is 0.381. The molecule has 2 aromatic heterocycles. The monoisotopic (exact) mass is 412 g/mol. The van der Waals surface area contributed by atoms with Gasteiger partial charge in [0.1, 0.15) is 16.6 Å². The van der Waals surface area contributed by atoms with Crippen molar-refractivity contribution in [3.05, 3.63) is 63.7 Å². The maximum atomic E-state index is 12.5. The Balaban J connectivity index is 1.30. The van der Waals surface area contributed by atoms with Gasteiger partial charge in [0.05, 0.1) is 0 Å². The van der Waals surface area contributed by atoms with Crippen LogP contribution in [-0.2, 0) is 11.2 Å². The molecule has 152 valence electrons. The summed E-state index contributed by atoms with van der Waals surface area (Å²) in [5.74, 6) is 1.88. The smallest absolute Gasteiger partial charge is 0.348 e. The van der Waals surface area contributed by atoms with Crippen molar-refractivity contribution in [2.24, 2.45) is 5.92 Å². The van der Waals surface area contributed by atoms with Crippen molar-refractivity contribution in [3.8, 4) is 10.8 Å². The molecular weight excluding hydrogens is 388 g/mol. The minimum absolute atomic E-state index is 0.0141. The largest absolute Gasteiger partial charge is 0.484 e. The Morgan fingerprint density at radius 3 is 2.83 bits per heavy atom. The Labute approximate surface area is 172 Å². The SMILES string of the molecule is Cc1cccc(OCC(=O)N2CCC(Cc3n[nH]c(=O)n3-c3cccs3)CC2)c1. The van der Waals surface area contributed by atoms with Crippen LogP contribution in [0.4, 0.5) is 0 Å².